The molecule has 0 heterocycles. The monoisotopic (exact) mass is 314 g/mol. The van der Waals surface area contributed by atoms with E-state index in [1.165, 1.54) is 6.07 Å². The van der Waals surface area contributed by atoms with Crippen LogP contribution in [0.4, 0.5) is 4.39 Å². The Hall–Kier alpha value is -0.940. The minimum atomic E-state index is -0.507. The van der Waals surface area contributed by atoms with Crippen LogP contribution in [0.3, 0.4) is 0 Å². The molecule has 3 nitrogen and oxygen atoms in total. The number of carbonyl (C=O) groups is 1. The van der Waals surface area contributed by atoms with E-state index in [0.29, 0.717) is 16.9 Å². The summed E-state index contributed by atoms with van der Waals surface area (Å²) in [6.45, 7) is 0.416. The van der Waals surface area contributed by atoms with Gasteiger partial charge in [-0.1, -0.05) is 6.07 Å². The maximum atomic E-state index is 13.7. The maximum absolute atomic E-state index is 13.7. The number of carbonyl (C=O) groups excluding carboxylic acids is 1. The highest BCUT2D eigenvalue weighted by Gasteiger charge is 2.35. The SMILES string of the molecule is CN(C(=O)c1c(F)cccc1Br)C(CN)C1CC1. The van der Waals surface area contributed by atoms with Gasteiger partial charge in [0.1, 0.15) is 5.82 Å². The van der Waals surface area contributed by atoms with Crippen molar-refractivity contribution in [2.24, 2.45) is 11.7 Å². The van der Waals surface area contributed by atoms with Gasteiger partial charge >= 0.3 is 0 Å². The quantitative estimate of drug-likeness (QED) is 0.927. The summed E-state index contributed by atoms with van der Waals surface area (Å²) in [5.74, 6) is -0.357. The smallest absolute Gasteiger partial charge is 0.258 e. The summed E-state index contributed by atoms with van der Waals surface area (Å²) in [6, 6.07) is 4.53. The summed E-state index contributed by atoms with van der Waals surface area (Å²) < 4.78 is 14.2. The number of benzene rings is 1. The molecule has 0 saturated heterocycles. The number of hydrogen-bond acceptors (Lipinski definition) is 2. The first-order valence-corrected chi connectivity index (χ1v) is 6.76. The summed E-state index contributed by atoms with van der Waals surface area (Å²) in [5, 5.41) is 0. The van der Waals surface area contributed by atoms with Crippen LogP contribution >= 0.6 is 15.9 Å². The van der Waals surface area contributed by atoms with E-state index in [9.17, 15) is 9.18 Å². The van der Waals surface area contributed by atoms with Gasteiger partial charge in [-0.3, -0.25) is 4.79 Å². The average Bonchev–Trinajstić information content (AvgIpc) is 3.14. The molecule has 0 radical (unpaired) electrons. The third-order valence-corrected chi connectivity index (χ3v) is 4.06. The Kier molecular flexibility index (Phi) is 4.02. The van der Waals surface area contributed by atoms with Gasteiger partial charge in [-0.15, -0.1) is 0 Å². The zero-order valence-electron chi connectivity index (χ0n) is 10.2. The summed E-state index contributed by atoms with van der Waals surface area (Å²) >= 11 is 3.22. The summed E-state index contributed by atoms with van der Waals surface area (Å²) in [5.41, 5.74) is 5.79. The van der Waals surface area contributed by atoms with Crippen LogP contribution in [-0.2, 0) is 0 Å². The van der Waals surface area contributed by atoms with Crippen molar-refractivity contribution in [2.75, 3.05) is 13.6 Å². The van der Waals surface area contributed by atoms with E-state index in [0.717, 1.165) is 12.8 Å². The van der Waals surface area contributed by atoms with E-state index < -0.39 is 5.82 Å². The molecule has 1 amide bonds. The molecule has 98 valence electrons. The Morgan fingerprint density at radius 3 is 2.78 bits per heavy atom. The number of nitrogens with zero attached hydrogens (tertiary/aromatic N) is 1. The van der Waals surface area contributed by atoms with Crippen molar-refractivity contribution in [3.63, 3.8) is 0 Å². The molecular weight excluding hydrogens is 299 g/mol. The van der Waals surface area contributed by atoms with Gasteiger partial charge in [0.15, 0.2) is 0 Å². The molecule has 1 saturated carbocycles. The fourth-order valence-electron chi connectivity index (χ4n) is 2.18. The normalized spacial score (nSPS) is 16.4. The molecule has 1 aliphatic carbocycles. The molecule has 2 N–H and O–H groups in total. The predicted molar refractivity (Wildman–Crippen MR) is 71.8 cm³/mol. The fraction of sp³-hybridized carbons (Fsp3) is 0.462. The third-order valence-electron chi connectivity index (χ3n) is 3.40. The van der Waals surface area contributed by atoms with Crippen molar-refractivity contribution in [3.05, 3.63) is 34.1 Å². The standard InChI is InChI=1S/C13H16BrFN2O/c1-17(11(7-16)8-5-6-8)13(18)12-9(14)3-2-4-10(12)15/h2-4,8,11H,5-7,16H2,1H3. The summed E-state index contributed by atoms with van der Waals surface area (Å²) in [7, 11) is 1.69. The molecule has 2 rings (SSSR count). The van der Waals surface area contributed by atoms with Crippen molar-refractivity contribution < 1.29 is 9.18 Å². The Morgan fingerprint density at radius 2 is 2.28 bits per heavy atom. The van der Waals surface area contributed by atoms with Gasteiger partial charge in [0.25, 0.3) is 5.91 Å². The molecular formula is C13H16BrFN2O. The van der Waals surface area contributed by atoms with E-state index >= 15 is 0 Å². The number of rotatable bonds is 4. The molecule has 0 aromatic heterocycles. The van der Waals surface area contributed by atoms with E-state index in [1.54, 1.807) is 24.1 Å². The largest absolute Gasteiger partial charge is 0.337 e. The van der Waals surface area contributed by atoms with Gasteiger partial charge in [0.2, 0.25) is 0 Å². The highest BCUT2D eigenvalue weighted by atomic mass is 79.9. The lowest BCUT2D eigenvalue weighted by molar-refractivity contribution is 0.0713. The molecule has 1 fully saturated rings. The van der Waals surface area contributed by atoms with Gasteiger partial charge in [-0.25, -0.2) is 4.39 Å². The van der Waals surface area contributed by atoms with Crippen LogP contribution in [0.2, 0.25) is 0 Å². The highest BCUT2D eigenvalue weighted by Crippen LogP contribution is 2.35. The van der Waals surface area contributed by atoms with Gasteiger partial charge < -0.3 is 10.6 Å². The Balaban J connectivity index is 2.24. The fourth-order valence-corrected chi connectivity index (χ4v) is 2.69. The average molecular weight is 315 g/mol. The van der Waals surface area contributed by atoms with E-state index in [-0.39, 0.29) is 17.5 Å². The van der Waals surface area contributed by atoms with E-state index in [2.05, 4.69) is 15.9 Å². The summed E-state index contributed by atoms with van der Waals surface area (Å²) in [6.07, 6.45) is 2.19. The lowest BCUT2D eigenvalue weighted by Crippen LogP contribution is -2.43. The molecule has 0 spiro atoms. The first-order chi connectivity index (χ1) is 8.56. The highest BCUT2D eigenvalue weighted by molar-refractivity contribution is 9.10. The van der Waals surface area contributed by atoms with Gasteiger partial charge in [-0.05, 0) is 46.8 Å². The van der Waals surface area contributed by atoms with Crippen molar-refractivity contribution >= 4 is 21.8 Å². The first kappa shape index (κ1) is 13.5. The molecule has 1 aromatic carbocycles. The number of halogens is 2. The van der Waals surface area contributed by atoms with Crippen LogP contribution in [0.1, 0.15) is 23.2 Å². The van der Waals surface area contributed by atoms with Crippen molar-refractivity contribution in [3.8, 4) is 0 Å². The second-order valence-corrected chi connectivity index (χ2v) is 5.51. The predicted octanol–water partition coefficient (Wildman–Crippen LogP) is 2.40. The molecule has 5 heteroatoms. The molecule has 18 heavy (non-hydrogen) atoms. The van der Waals surface area contributed by atoms with Crippen LogP contribution in [0.5, 0.6) is 0 Å². The van der Waals surface area contributed by atoms with Gasteiger partial charge in [0.05, 0.1) is 5.56 Å². The number of likely N-dealkylation sites (N-methyl/N-ethyl adjacent to an activating group) is 1. The number of nitrogens with two attached hydrogens (primary N) is 1. The van der Waals surface area contributed by atoms with E-state index in [4.69, 9.17) is 5.73 Å². The van der Waals surface area contributed by atoms with Crippen LogP contribution in [0.15, 0.2) is 22.7 Å². The van der Waals surface area contributed by atoms with Crippen molar-refractivity contribution in [1.82, 2.24) is 4.90 Å². The molecule has 1 unspecified atom stereocenters. The zero-order valence-corrected chi connectivity index (χ0v) is 11.8. The molecule has 1 atom stereocenters. The van der Waals surface area contributed by atoms with Crippen LogP contribution in [0.25, 0.3) is 0 Å². The summed E-state index contributed by atoms with van der Waals surface area (Å²) in [4.78, 5) is 13.9. The van der Waals surface area contributed by atoms with Gasteiger partial charge in [0, 0.05) is 24.1 Å². The Bertz CT molecular complexity index is 442. The van der Waals surface area contributed by atoms with Crippen LogP contribution in [0, 0.1) is 11.7 Å². The topological polar surface area (TPSA) is 46.3 Å². The Labute approximate surface area is 114 Å². The lowest BCUT2D eigenvalue weighted by Gasteiger charge is -2.27. The first-order valence-electron chi connectivity index (χ1n) is 5.97. The van der Waals surface area contributed by atoms with Crippen LogP contribution < -0.4 is 5.73 Å². The zero-order chi connectivity index (χ0) is 13.3. The van der Waals surface area contributed by atoms with Crippen LogP contribution in [-0.4, -0.2) is 30.4 Å². The third kappa shape index (κ3) is 2.57. The maximum Gasteiger partial charge on any atom is 0.258 e. The minimum Gasteiger partial charge on any atom is -0.337 e. The number of hydrogen-bond donors (Lipinski definition) is 1. The molecule has 1 aromatic rings. The second-order valence-electron chi connectivity index (χ2n) is 4.65. The van der Waals surface area contributed by atoms with Crippen molar-refractivity contribution in [1.29, 1.82) is 0 Å². The molecule has 0 bridgehead atoms. The second kappa shape index (κ2) is 5.36. The number of amides is 1. The van der Waals surface area contributed by atoms with Gasteiger partial charge in [-0.2, -0.15) is 0 Å². The minimum absolute atomic E-state index is 0.00371. The molecule has 0 aliphatic heterocycles. The Morgan fingerprint density at radius 1 is 1.61 bits per heavy atom. The van der Waals surface area contributed by atoms with E-state index in [1.807, 2.05) is 0 Å². The van der Waals surface area contributed by atoms with Crippen molar-refractivity contribution in [2.45, 2.75) is 18.9 Å². The lowest BCUT2D eigenvalue weighted by atomic mass is 10.1. The molecule has 1 aliphatic rings.